The van der Waals surface area contributed by atoms with Crippen molar-refractivity contribution < 1.29 is 14.6 Å². The molecule has 5 nitrogen and oxygen atoms in total. The zero-order valence-corrected chi connectivity index (χ0v) is 8.53. The Bertz CT molecular complexity index is 289. The molecule has 2 atom stereocenters. The van der Waals surface area contributed by atoms with Crippen LogP contribution in [0.15, 0.2) is 10.9 Å². The van der Waals surface area contributed by atoms with Gasteiger partial charge in [0.1, 0.15) is 12.1 Å². The number of hydrogen-bond acceptors (Lipinski definition) is 6. The van der Waals surface area contributed by atoms with Crippen LogP contribution in [0.25, 0.3) is 0 Å². The SMILES string of the molecule is CCOC(=O)C(N)C(O)c1cscn1. The van der Waals surface area contributed by atoms with Crippen molar-refractivity contribution in [3.63, 3.8) is 0 Å². The molecule has 0 aromatic carbocycles. The smallest absolute Gasteiger partial charge is 0.326 e. The normalized spacial score (nSPS) is 14.8. The van der Waals surface area contributed by atoms with Crippen LogP contribution in [0, 0.1) is 0 Å². The van der Waals surface area contributed by atoms with Crippen molar-refractivity contribution in [2.24, 2.45) is 5.73 Å². The maximum atomic E-state index is 11.1. The Balaban J connectivity index is 2.61. The van der Waals surface area contributed by atoms with Crippen molar-refractivity contribution in [2.45, 2.75) is 19.1 Å². The summed E-state index contributed by atoms with van der Waals surface area (Å²) in [4.78, 5) is 15.0. The van der Waals surface area contributed by atoms with Crippen LogP contribution in [0.2, 0.25) is 0 Å². The molecule has 1 aromatic heterocycles. The van der Waals surface area contributed by atoms with E-state index in [9.17, 15) is 9.90 Å². The van der Waals surface area contributed by atoms with Crippen molar-refractivity contribution in [3.05, 3.63) is 16.6 Å². The van der Waals surface area contributed by atoms with E-state index >= 15 is 0 Å². The van der Waals surface area contributed by atoms with Crippen molar-refractivity contribution in [3.8, 4) is 0 Å². The lowest BCUT2D eigenvalue weighted by atomic mass is 10.1. The average molecular weight is 216 g/mol. The summed E-state index contributed by atoms with van der Waals surface area (Å²) >= 11 is 1.33. The van der Waals surface area contributed by atoms with E-state index in [1.165, 1.54) is 11.3 Å². The fourth-order valence-corrected chi connectivity index (χ4v) is 1.50. The third kappa shape index (κ3) is 2.50. The summed E-state index contributed by atoms with van der Waals surface area (Å²) in [5.74, 6) is -0.618. The molecule has 0 saturated heterocycles. The van der Waals surface area contributed by atoms with E-state index < -0.39 is 18.1 Å². The Kier molecular flexibility index (Phi) is 3.99. The van der Waals surface area contributed by atoms with Crippen LogP contribution >= 0.6 is 11.3 Å². The predicted molar refractivity (Wildman–Crippen MR) is 51.7 cm³/mol. The molecular formula is C8H12N2O3S. The average Bonchev–Trinajstić information content (AvgIpc) is 2.68. The molecule has 1 rings (SSSR count). The Morgan fingerprint density at radius 2 is 2.57 bits per heavy atom. The minimum absolute atomic E-state index is 0.246. The highest BCUT2D eigenvalue weighted by Gasteiger charge is 2.26. The number of aliphatic hydroxyl groups is 1. The predicted octanol–water partition coefficient (Wildman–Crippen LogP) is 0.0669. The zero-order valence-electron chi connectivity index (χ0n) is 7.71. The minimum atomic E-state index is -1.10. The number of aromatic nitrogens is 1. The van der Waals surface area contributed by atoms with Gasteiger partial charge in [-0.25, -0.2) is 4.98 Å². The number of thiazole rings is 1. The van der Waals surface area contributed by atoms with Gasteiger partial charge in [-0.3, -0.25) is 4.79 Å². The summed E-state index contributed by atoms with van der Waals surface area (Å²) in [6.07, 6.45) is -1.10. The molecule has 3 N–H and O–H groups in total. The summed E-state index contributed by atoms with van der Waals surface area (Å²) < 4.78 is 4.67. The Labute approximate surface area is 85.5 Å². The number of aliphatic hydroxyl groups excluding tert-OH is 1. The van der Waals surface area contributed by atoms with Gasteiger partial charge < -0.3 is 15.6 Å². The molecule has 2 unspecified atom stereocenters. The molecule has 0 fully saturated rings. The number of hydrogen-bond donors (Lipinski definition) is 2. The number of esters is 1. The largest absolute Gasteiger partial charge is 0.465 e. The van der Waals surface area contributed by atoms with Gasteiger partial charge in [-0.05, 0) is 6.92 Å². The van der Waals surface area contributed by atoms with Gasteiger partial charge in [0, 0.05) is 5.38 Å². The molecule has 0 saturated carbocycles. The topological polar surface area (TPSA) is 85.4 Å². The summed E-state index contributed by atoms with van der Waals surface area (Å²) in [5, 5.41) is 11.2. The molecular weight excluding hydrogens is 204 g/mol. The monoisotopic (exact) mass is 216 g/mol. The van der Waals surface area contributed by atoms with Gasteiger partial charge in [0.05, 0.1) is 17.8 Å². The molecule has 14 heavy (non-hydrogen) atoms. The third-order valence-corrected chi connectivity index (χ3v) is 2.26. The Hall–Kier alpha value is -0.980. The zero-order chi connectivity index (χ0) is 10.6. The van der Waals surface area contributed by atoms with Crippen LogP contribution in [0.3, 0.4) is 0 Å². The second-order valence-electron chi connectivity index (χ2n) is 2.64. The molecule has 0 spiro atoms. The number of rotatable bonds is 4. The standard InChI is InChI=1S/C8H12N2O3S/c1-2-13-8(12)6(9)7(11)5-3-14-4-10-5/h3-4,6-7,11H,2,9H2,1H3. The summed E-state index contributed by atoms with van der Waals surface area (Å²) in [6, 6.07) is -1.07. The number of ether oxygens (including phenoxy) is 1. The van der Waals surface area contributed by atoms with E-state index in [0.717, 1.165) is 0 Å². The first-order chi connectivity index (χ1) is 6.66. The van der Waals surface area contributed by atoms with Crippen molar-refractivity contribution >= 4 is 17.3 Å². The van der Waals surface area contributed by atoms with Crippen molar-refractivity contribution in [1.82, 2.24) is 4.98 Å². The molecule has 0 aliphatic rings. The van der Waals surface area contributed by atoms with E-state index in [-0.39, 0.29) is 6.61 Å². The lowest BCUT2D eigenvalue weighted by Gasteiger charge is -2.15. The van der Waals surface area contributed by atoms with Gasteiger partial charge in [-0.15, -0.1) is 11.3 Å². The summed E-state index contributed by atoms with van der Waals surface area (Å²) in [6.45, 7) is 1.93. The van der Waals surface area contributed by atoms with Crippen LogP contribution in [0.1, 0.15) is 18.7 Å². The number of nitrogens with zero attached hydrogens (tertiary/aromatic N) is 1. The minimum Gasteiger partial charge on any atom is -0.465 e. The Morgan fingerprint density at radius 1 is 1.86 bits per heavy atom. The van der Waals surface area contributed by atoms with E-state index in [1.54, 1.807) is 17.8 Å². The van der Waals surface area contributed by atoms with Crippen LogP contribution in [-0.4, -0.2) is 28.7 Å². The molecule has 0 bridgehead atoms. The number of nitrogens with two attached hydrogens (primary N) is 1. The van der Waals surface area contributed by atoms with Gasteiger partial charge in [0.25, 0.3) is 0 Å². The highest BCUT2D eigenvalue weighted by atomic mass is 32.1. The highest BCUT2D eigenvalue weighted by Crippen LogP contribution is 2.15. The molecule has 0 amide bonds. The van der Waals surface area contributed by atoms with E-state index in [1.807, 2.05) is 0 Å². The molecule has 0 aliphatic heterocycles. The summed E-state index contributed by atoms with van der Waals surface area (Å²) in [7, 11) is 0. The first-order valence-corrected chi connectivity index (χ1v) is 5.09. The van der Waals surface area contributed by atoms with Crippen LogP contribution < -0.4 is 5.73 Å². The first kappa shape index (κ1) is 11.1. The second-order valence-corrected chi connectivity index (χ2v) is 3.35. The molecule has 1 aromatic rings. The van der Waals surface area contributed by atoms with Crippen molar-refractivity contribution in [2.75, 3.05) is 6.61 Å². The maximum absolute atomic E-state index is 11.1. The van der Waals surface area contributed by atoms with Crippen LogP contribution in [0.5, 0.6) is 0 Å². The molecule has 6 heteroatoms. The van der Waals surface area contributed by atoms with Crippen LogP contribution in [-0.2, 0) is 9.53 Å². The van der Waals surface area contributed by atoms with Gasteiger partial charge in [0.15, 0.2) is 0 Å². The second kappa shape index (κ2) is 5.04. The van der Waals surface area contributed by atoms with E-state index in [0.29, 0.717) is 5.69 Å². The van der Waals surface area contributed by atoms with Crippen LogP contribution in [0.4, 0.5) is 0 Å². The van der Waals surface area contributed by atoms with E-state index in [2.05, 4.69) is 9.72 Å². The molecule has 78 valence electrons. The molecule has 0 radical (unpaired) electrons. The summed E-state index contributed by atoms with van der Waals surface area (Å²) in [5.41, 5.74) is 7.44. The Morgan fingerprint density at radius 3 is 3.07 bits per heavy atom. The number of carbonyl (C=O) groups excluding carboxylic acids is 1. The fraction of sp³-hybridized carbons (Fsp3) is 0.500. The lowest BCUT2D eigenvalue weighted by molar-refractivity contribution is -0.147. The first-order valence-electron chi connectivity index (χ1n) is 4.15. The fourth-order valence-electron chi connectivity index (χ4n) is 0.919. The van der Waals surface area contributed by atoms with Gasteiger partial charge in [-0.2, -0.15) is 0 Å². The number of carbonyl (C=O) groups is 1. The quantitative estimate of drug-likeness (QED) is 0.695. The van der Waals surface area contributed by atoms with Gasteiger partial charge >= 0.3 is 5.97 Å². The molecule has 0 aliphatic carbocycles. The lowest BCUT2D eigenvalue weighted by Crippen LogP contribution is -2.38. The van der Waals surface area contributed by atoms with Gasteiger partial charge in [-0.1, -0.05) is 0 Å². The van der Waals surface area contributed by atoms with Gasteiger partial charge in [0.2, 0.25) is 0 Å². The third-order valence-electron chi connectivity index (χ3n) is 1.65. The highest BCUT2D eigenvalue weighted by molar-refractivity contribution is 7.07. The maximum Gasteiger partial charge on any atom is 0.326 e. The molecule has 1 heterocycles. The van der Waals surface area contributed by atoms with E-state index in [4.69, 9.17) is 5.73 Å². The van der Waals surface area contributed by atoms with Crippen molar-refractivity contribution in [1.29, 1.82) is 0 Å².